The monoisotopic (exact) mass is 450 g/mol. The third-order valence-electron chi connectivity index (χ3n) is 8.09. The fourth-order valence-corrected chi connectivity index (χ4v) is 6.01. The predicted octanol–water partition coefficient (Wildman–Crippen LogP) is 3.59. The molecule has 6 atom stereocenters. The number of unbranched alkanes of at least 4 members (excludes halogenated alkanes) is 1. The van der Waals surface area contributed by atoms with Gasteiger partial charge in [-0.15, -0.1) is 5.01 Å². The molecule has 3 aliphatic rings. The number of fused-ring (bicyclic) bond motifs is 1. The van der Waals surface area contributed by atoms with Gasteiger partial charge in [0.25, 0.3) is 0 Å². The highest BCUT2D eigenvalue weighted by molar-refractivity contribution is 5.02. The largest absolute Gasteiger partial charge is 0.396 e. The minimum atomic E-state index is 0.0324. The molecular formula is C25H48N5O2+. The second-order valence-corrected chi connectivity index (χ2v) is 10.1. The molecule has 32 heavy (non-hydrogen) atoms. The van der Waals surface area contributed by atoms with E-state index in [0.29, 0.717) is 24.4 Å². The van der Waals surface area contributed by atoms with E-state index in [-0.39, 0.29) is 25.1 Å². The first-order valence-corrected chi connectivity index (χ1v) is 13.3. The van der Waals surface area contributed by atoms with Crippen LogP contribution in [0.2, 0.25) is 0 Å². The highest BCUT2D eigenvalue weighted by atomic mass is 16.3. The molecule has 0 aromatic rings. The van der Waals surface area contributed by atoms with Gasteiger partial charge in [-0.05, 0) is 57.4 Å². The van der Waals surface area contributed by atoms with E-state index >= 15 is 0 Å². The van der Waals surface area contributed by atoms with Crippen LogP contribution in [-0.2, 0) is 0 Å². The second kappa shape index (κ2) is 12.4. The molecule has 0 aliphatic carbocycles. The minimum Gasteiger partial charge on any atom is -0.396 e. The zero-order valence-electron chi connectivity index (χ0n) is 20.8. The van der Waals surface area contributed by atoms with Gasteiger partial charge in [-0.2, -0.15) is 0 Å². The summed E-state index contributed by atoms with van der Waals surface area (Å²) in [6, 6.07) is 0.431. The molecule has 5 unspecified atom stereocenters. The highest BCUT2D eigenvalue weighted by Gasteiger charge is 2.54. The van der Waals surface area contributed by atoms with Gasteiger partial charge < -0.3 is 5.11 Å². The van der Waals surface area contributed by atoms with E-state index in [4.69, 9.17) is 0 Å². The summed E-state index contributed by atoms with van der Waals surface area (Å²) < 4.78 is 0. The Morgan fingerprint density at radius 2 is 2.12 bits per heavy atom. The van der Waals surface area contributed by atoms with Crippen LogP contribution in [0.15, 0.2) is 12.2 Å². The molecule has 0 radical (unpaired) electrons. The number of aliphatic hydroxyl groups is 1. The lowest BCUT2D eigenvalue weighted by molar-refractivity contribution is -0.703. The van der Waals surface area contributed by atoms with Gasteiger partial charge in [0.1, 0.15) is 11.0 Å². The highest BCUT2D eigenvalue weighted by Crippen LogP contribution is 2.32. The van der Waals surface area contributed by atoms with E-state index in [1.807, 2.05) is 5.01 Å². The first kappa shape index (κ1) is 25.6. The summed E-state index contributed by atoms with van der Waals surface area (Å²) in [6.45, 7) is 13.8. The number of piperidine rings is 1. The molecule has 0 aromatic carbocycles. The molecule has 0 bridgehead atoms. The maximum atomic E-state index is 12.9. The van der Waals surface area contributed by atoms with Gasteiger partial charge >= 0.3 is 0 Å². The minimum absolute atomic E-state index is 0.0324. The van der Waals surface area contributed by atoms with Crippen molar-refractivity contribution in [2.45, 2.75) is 110 Å². The molecule has 7 heteroatoms. The average Bonchev–Trinajstić information content (AvgIpc) is 3.14. The number of hydrogen-bond donors (Lipinski definition) is 3. The van der Waals surface area contributed by atoms with Gasteiger partial charge in [0, 0.05) is 25.6 Å². The van der Waals surface area contributed by atoms with Crippen molar-refractivity contribution in [1.82, 2.24) is 20.5 Å². The van der Waals surface area contributed by atoms with Crippen LogP contribution in [0, 0.1) is 16.7 Å². The summed E-state index contributed by atoms with van der Waals surface area (Å²) in [4.78, 5) is 16.7. The van der Waals surface area contributed by atoms with Crippen LogP contribution in [0.25, 0.3) is 0 Å². The molecule has 3 N–H and O–H groups in total. The van der Waals surface area contributed by atoms with Crippen molar-refractivity contribution < 1.29 is 9.98 Å². The first-order valence-electron chi connectivity index (χ1n) is 13.3. The van der Waals surface area contributed by atoms with Gasteiger partial charge in [0.2, 0.25) is 6.54 Å². The summed E-state index contributed by atoms with van der Waals surface area (Å²) >= 11 is 0. The van der Waals surface area contributed by atoms with Crippen LogP contribution in [0.4, 0.5) is 0 Å². The summed E-state index contributed by atoms with van der Waals surface area (Å²) in [7, 11) is 0. The lowest BCUT2D eigenvalue weighted by Gasteiger charge is -2.47. The van der Waals surface area contributed by atoms with Crippen molar-refractivity contribution in [2.75, 3.05) is 26.2 Å². The maximum Gasteiger partial charge on any atom is 0.231 e. The molecule has 0 saturated carbocycles. The van der Waals surface area contributed by atoms with Gasteiger partial charge in [-0.3, -0.25) is 15.5 Å². The molecule has 3 rings (SSSR count). The number of hydrazine groups is 1. The molecular weight excluding hydrogens is 402 g/mol. The van der Waals surface area contributed by atoms with E-state index in [9.17, 15) is 10.0 Å². The number of nitrogens with zero attached hydrogens (tertiary/aromatic N) is 3. The van der Waals surface area contributed by atoms with Crippen LogP contribution >= 0.6 is 0 Å². The summed E-state index contributed by atoms with van der Waals surface area (Å²) in [5, 5.41) is 19.3. The standard InChI is InChI=1S/C25H48N5O2/c1-5-8-11-19(4)20(6-2)17-26-23-16-24(28-14-10-9-12-22(28)13-15-31)27-25-21(7-3)18-29(32)30(23)25/h20-27,31H,4-18H2,1-3H3/q+1/t20?,21?,22-,23?,24?,25?/m0/s1. The van der Waals surface area contributed by atoms with Crippen LogP contribution in [0.1, 0.15) is 85.0 Å². The summed E-state index contributed by atoms with van der Waals surface area (Å²) in [6.07, 6.45) is 11.3. The van der Waals surface area contributed by atoms with Crippen molar-refractivity contribution in [3.63, 3.8) is 0 Å². The molecule has 3 aliphatic heterocycles. The lowest BCUT2D eigenvalue weighted by Crippen LogP contribution is -2.69. The van der Waals surface area contributed by atoms with Crippen molar-refractivity contribution >= 4 is 0 Å². The summed E-state index contributed by atoms with van der Waals surface area (Å²) in [5.41, 5.74) is 1.34. The number of nitroso groups, excluding NO2 is 1. The van der Waals surface area contributed by atoms with Gasteiger partial charge in [-0.1, -0.05) is 45.8 Å². The molecule has 0 aromatic heterocycles. The molecule has 0 amide bonds. The van der Waals surface area contributed by atoms with Crippen molar-refractivity contribution in [3.8, 4) is 0 Å². The number of hydrogen-bond acceptors (Lipinski definition) is 5. The summed E-state index contributed by atoms with van der Waals surface area (Å²) in [5.74, 6) is 0.789. The Bertz CT molecular complexity index is 613. The third-order valence-corrected chi connectivity index (χ3v) is 8.09. The first-order chi connectivity index (χ1) is 15.5. The quantitative estimate of drug-likeness (QED) is 0.312. The number of rotatable bonds is 12. The molecule has 3 saturated heterocycles. The molecule has 7 nitrogen and oxygen atoms in total. The Morgan fingerprint density at radius 1 is 1.31 bits per heavy atom. The predicted molar refractivity (Wildman–Crippen MR) is 130 cm³/mol. The van der Waals surface area contributed by atoms with Crippen LogP contribution in [-0.4, -0.2) is 70.7 Å². The topological polar surface area (TPSA) is 70.8 Å². The van der Waals surface area contributed by atoms with E-state index in [1.165, 1.54) is 36.1 Å². The van der Waals surface area contributed by atoms with Crippen molar-refractivity contribution in [1.29, 1.82) is 0 Å². The van der Waals surface area contributed by atoms with Gasteiger partial charge in [0.05, 0.1) is 17.0 Å². The number of nitrogens with one attached hydrogen (secondary N) is 2. The Kier molecular flexibility index (Phi) is 9.96. The third kappa shape index (κ3) is 5.91. The Balaban J connectivity index is 1.73. The van der Waals surface area contributed by atoms with Crippen LogP contribution in [0.3, 0.4) is 0 Å². The van der Waals surface area contributed by atoms with E-state index in [2.05, 4.69) is 42.9 Å². The zero-order valence-corrected chi connectivity index (χ0v) is 20.8. The molecule has 3 heterocycles. The zero-order chi connectivity index (χ0) is 23.1. The number of aliphatic hydroxyl groups excluding tert-OH is 1. The lowest BCUT2D eigenvalue weighted by atomic mass is 9.93. The fraction of sp³-hybridized carbons (Fsp3) is 0.920. The Hall–Kier alpha value is -1.02. The van der Waals surface area contributed by atoms with E-state index in [1.54, 1.807) is 0 Å². The Morgan fingerprint density at radius 3 is 2.81 bits per heavy atom. The Labute approximate surface area is 195 Å². The molecule has 0 spiro atoms. The maximum absolute atomic E-state index is 12.9. The SMILES string of the molecule is C=C(CCCC)C(CC)CNC1CC(N2CCCC[C@H]2CCO)NC2C(CC)C[N+](=O)N12. The van der Waals surface area contributed by atoms with Crippen LogP contribution < -0.4 is 10.6 Å². The second-order valence-electron chi connectivity index (χ2n) is 10.1. The van der Waals surface area contributed by atoms with Gasteiger partial charge in [-0.25, -0.2) is 0 Å². The van der Waals surface area contributed by atoms with Gasteiger partial charge in [0.15, 0.2) is 6.17 Å². The van der Waals surface area contributed by atoms with E-state index < -0.39 is 0 Å². The molecule has 3 fully saturated rings. The van der Waals surface area contributed by atoms with Crippen molar-refractivity contribution in [3.05, 3.63) is 17.1 Å². The normalized spacial score (nSPS) is 32.2. The molecule has 184 valence electrons. The smallest absolute Gasteiger partial charge is 0.231 e. The van der Waals surface area contributed by atoms with Crippen LogP contribution in [0.5, 0.6) is 0 Å². The van der Waals surface area contributed by atoms with Crippen molar-refractivity contribution in [2.24, 2.45) is 11.8 Å². The fourth-order valence-electron chi connectivity index (χ4n) is 6.01. The average molecular weight is 451 g/mol. The van der Waals surface area contributed by atoms with E-state index in [0.717, 1.165) is 51.6 Å². The number of likely N-dealkylation sites (tertiary alicyclic amines) is 1.